The van der Waals surface area contributed by atoms with Crippen molar-refractivity contribution in [2.45, 2.75) is 31.6 Å². The van der Waals surface area contributed by atoms with E-state index >= 15 is 0 Å². The Bertz CT molecular complexity index is 1110. The molecule has 0 aliphatic rings. The van der Waals surface area contributed by atoms with Gasteiger partial charge in [-0.25, -0.2) is 13.4 Å². The summed E-state index contributed by atoms with van der Waals surface area (Å²) in [6.07, 6.45) is 0.806. The van der Waals surface area contributed by atoms with Gasteiger partial charge in [0.2, 0.25) is 15.9 Å². The van der Waals surface area contributed by atoms with Gasteiger partial charge in [-0.15, -0.1) is 0 Å². The third kappa shape index (κ3) is 5.53. The summed E-state index contributed by atoms with van der Waals surface area (Å²) in [6.45, 7) is 5.34. The maximum atomic E-state index is 13.0. The minimum absolute atomic E-state index is 0.0408. The van der Waals surface area contributed by atoms with E-state index in [2.05, 4.69) is 4.98 Å². The van der Waals surface area contributed by atoms with Crippen LogP contribution in [0.2, 0.25) is 0 Å². The Morgan fingerprint density at radius 2 is 1.75 bits per heavy atom. The number of nitrogens with zero attached hydrogens (tertiary/aromatic N) is 3. The van der Waals surface area contributed by atoms with Gasteiger partial charge in [-0.3, -0.25) is 9.69 Å². The number of carbonyl (C=O) groups excluding carboxylic acids is 1. The molecule has 1 heterocycles. The lowest BCUT2D eigenvalue weighted by Gasteiger charge is -2.20. The summed E-state index contributed by atoms with van der Waals surface area (Å²) in [6, 6.07) is 14.6. The predicted molar refractivity (Wildman–Crippen MR) is 129 cm³/mol. The van der Waals surface area contributed by atoms with E-state index in [1.165, 1.54) is 15.6 Å². The monoisotopic (exact) mass is 475 g/mol. The second-order valence-corrected chi connectivity index (χ2v) is 10.2. The van der Waals surface area contributed by atoms with Gasteiger partial charge in [0, 0.05) is 26.6 Å². The third-order valence-corrected chi connectivity index (χ3v) is 8.35. The molecule has 172 valence electrons. The molecule has 0 radical (unpaired) electrons. The summed E-state index contributed by atoms with van der Waals surface area (Å²) in [5.41, 5.74) is 1.78. The molecule has 0 saturated heterocycles. The Balaban J connectivity index is 1.70. The standard InChI is InChI=1S/C23H29N3O4S2/c1-4-25(5-2)32(28,29)19-13-10-18(11-14-19)12-15-22(27)26(16-17-30-3)23-24-20-8-6-7-9-21(20)31-23/h6-11,13-14H,4-5,12,15-17H2,1-3H3. The molecule has 1 aromatic heterocycles. The van der Waals surface area contributed by atoms with E-state index in [0.717, 1.165) is 15.8 Å². The van der Waals surface area contributed by atoms with Gasteiger partial charge in [0.25, 0.3) is 0 Å². The van der Waals surface area contributed by atoms with Crippen LogP contribution in [-0.4, -0.2) is 57.0 Å². The molecule has 0 aliphatic heterocycles. The van der Waals surface area contributed by atoms with Gasteiger partial charge in [0.15, 0.2) is 5.13 Å². The average molecular weight is 476 g/mol. The van der Waals surface area contributed by atoms with Crippen molar-refractivity contribution in [2.24, 2.45) is 0 Å². The fraction of sp³-hybridized carbons (Fsp3) is 0.391. The number of amides is 1. The number of ether oxygens (including phenoxy) is 1. The molecule has 0 aliphatic carbocycles. The van der Waals surface area contributed by atoms with Gasteiger partial charge in [0.05, 0.1) is 28.3 Å². The van der Waals surface area contributed by atoms with Crippen molar-refractivity contribution < 1.29 is 17.9 Å². The molecular weight excluding hydrogens is 446 g/mol. The highest BCUT2D eigenvalue weighted by molar-refractivity contribution is 7.89. The highest BCUT2D eigenvalue weighted by atomic mass is 32.2. The molecule has 0 saturated carbocycles. The van der Waals surface area contributed by atoms with Gasteiger partial charge in [-0.1, -0.05) is 49.4 Å². The predicted octanol–water partition coefficient (Wildman–Crippen LogP) is 3.94. The van der Waals surface area contributed by atoms with Crippen molar-refractivity contribution in [1.82, 2.24) is 9.29 Å². The summed E-state index contributed by atoms with van der Waals surface area (Å²) in [5, 5.41) is 0.661. The van der Waals surface area contributed by atoms with Crippen LogP contribution >= 0.6 is 11.3 Å². The summed E-state index contributed by atoms with van der Waals surface area (Å²) in [7, 11) is -1.88. The van der Waals surface area contributed by atoms with Gasteiger partial charge in [-0.2, -0.15) is 4.31 Å². The fourth-order valence-corrected chi connectivity index (χ4v) is 5.88. The first-order valence-electron chi connectivity index (χ1n) is 10.6. The number of hydrogen-bond acceptors (Lipinski definition) is 6. The molecule has 0 N–H and O–H groups in total. The van der Waals surface area contributed by atoms with Crippen molar-refractivity contribution in [3.8, 4) is 0 Å². The summed E-state index contributed by atoms with van der Waals surface area (Å²) >= 11 is 1.48. The number of thiazole rings is 1. The van der Waals surface area contributed by atoms with E-state index in [4.69, 9.17) is 4.74 Å². The first kappa shape index (κ1) is 24.3. The number of anilines is 1. The number of fused-ring (bicyclic) bond motifs is 1. The molecule has 2 aromatic carbocycles. The van der Waals surface area contributed by atoms with Crippen molar-refractivity contribution >= 4 is 42.6 Å². The molecule has 0 atom stereocenters. The molecule has 32 heavy (non-hydrogen) atoms. The van der Waals surface area contributed by atoms with Gasteiger partial charge < -0.3 is 4.74 Å². The van der Waals surface area contributed by atoms with E-state index < -0.39 is 10.0 Å². The van der Waals surface area contributed by atoms with Crippen molar-refractivity contribution in [3.05, 3.63) is 54.1 Å². The highest BCUT2D eigenvalue weighted by Gasteiger charge is 2.22. The van der Waals surface area contributed by atoms with Crippen molar-refractivity contribution in [2.75, 3.05) is 38.3 Å². The lowest BCUT2D eigenvalue weighted by Crippen LogP contribution is -2.34. The van der Waals surface area contributed by atoms with Crippen LogP contribution in [0.1, 0.15) is 25.8 Å². The summed E-state index contributed by atoms with van der Waals surface area (Å²) < 4.78 is 32.9. The Hall–Kier alpha value is -2.33. The van der Waals surface area contributed by atoms with Crippen LogP contribution in [0.3, 0.4) is 0 Å². The Labute approximate surface area is 193 Å². The SMILES string of the molecule is CCN(CC)S(=O)(=O)c1ccc(CCC(=O)N(CCOC)c2nc3ccccc3s2)cc1. The smallest absolute Gasteiger partial charge is 0.243 e. The third-order valence-electron chi connectivity index (χ3n) is 5.23. The first-order chi connectivity index (χ1) is 15.4. The van der Waals surface area contributed by atoms with Crippen LogP contribution in [0, 0.1) is 0 Å². The van der Waals surface area contributed by atoms with E-state index in [1.54, 1.807) is 36.3 Å². The molecule has 9 heteroatoms. The highest BCUT2D eigenvalue weighted by Crippen LogP contribution is 2.29. The topological polar surface area (TPSA) is 79.8 Å². The Morgan fingerprint density at radius 3 is 2.38 bits per heavy atom. The van der Waals surface area contributed by atoms with Crippen LogP contribution in [-0.2, 0) is 26.0 Å². The van der Waals surface area contributed by atoms with Crippen LogP contribution in [0.15, 0.2) is 53.4 Å². The second kappa shape index (κ2) is 11.0. The first-order valence-corrected chi connectivity index (χ1v) is 12.9. The number of rotatable bonds is 11. The van der Waals surface area contributed by atoms with Crippen molar-refractivity contribution in [3.63, 3.8) is 0 Å². The molecular formula is C23H29N3O4S2. The minimum atomic E-state index is -3.48. The number of aromatic nitrogens is 1. The van der Waals surface area contributed by atoms with Crippen LogP contribution in [0.4, 0.5) is 5.13 Å². The number of sulfonamides is 1. The zero-order valence-corrected chi connectivity index (χ0v) is 20.3. The quantitative estimate of drug-likeness (QED) is 0.420. The van der Waals surface area contributed by atoms with E-state index in [0.29, 0.717) is 44.2 Å². The number of hydrogen-bond donors (Lipinski definition) is 0. The molecule has 7 nitrogen and oxygen atoms in total. The molecule has 3 rings (SSSR count). The zero-order valence-electron chi connectivity index (χ0n) is 18.7. The molecule has 0 bridgehead atoms. The number of methoxy groups -OCH3 is 1. The maximum absolute atomic E-state index is 13.0. The fourth-order valence-electron chi connectivity index (χ4n) is 3.41. The number of benzene rings is 2. The average Bonchev–Trinajstić information content (AvgIpc) is 3.22. The van der Waals surface area contributed by atoms with Crippen LogP contribution in [0.5, 0.6) is 0 Å². The zero-order chi connectivity index (χ0) is 23.1. The number of para-hydroxylation sites is 1. The lowest BCUT2D eigenvalue weighted by molar-refractivity contribution is -0.118. The number of aryl methyl sites for hydroxylation is 1. The second-order valence-electron chi connectivity index (χ2n) is 7.24. The van der Waals surface area contributed by atoms with E-state index in [1.807, 2.05) is 38.1 Å². The Kier molecular flexibility index (Phi) is 8.36. The molecule has 0 spiro atoms. The maximum Gasteiger partial charge on any atom is 0.243 e. The van der Waals surface area contributed by atoms with Gasteiger partial charge >= 0.3 is 0 Å². The van der Waals surface area contributed by atoms with Gasteiger partial charge in [-0.05, 0) is 36.2 Å². The number of carbonyl (C=O) groups is 1. The molecule has 0 unspecified atom stereocenters. The van der Waals surface area contributed by atoms with Crippen LogP contribution in [0.25, 0.3) is 10.2 Å². The van der Waals surface area contributed by atoms with Crippen molar-refractivity contribution in [1.29, 1.82) is 0 Å². The Morgan fingerprint density at radius 1 is 1.06 bits per heavy atom. The van der Waals surface area contributed by atoms with Crippen LogP contribution < -0.4 is 4.90 Å². The molecule has 3 aromatic rings. The normalized spacial score (nSPS) is 11.9. The minimum Gasteiger partial charge on any atom is -0.383 e. The largest absolute Gasteiger partial charge is 0.383 e. The summed E-state index contributed by atoms with van der Waals surface area (Å²) in [4.78, 5) is 19.6. The van der Waals surface area contributed by atoms with E-state index in [-0.39, 0.29) is 10.8 Å². The summed E-state index contributed by atoms with van der Waals surface area (Å²) in [5.74, 6) is -0.0408. The molecule has 0 fully saturated rings. The van der Waals surface area contributed by atoms with Gasteiger partial charge in [0.1, 0.15) is 0 Å². The molecule has 1 amide bonds. The lowest BCUT2D eigenvalue weighted by atomic mass is 10.1. The van der Waals surface area contributed by atoms with E-state index in [9.17, 15) is 13.2 Å².